The summed E-state index contributed by atoms with van der Waals surface area (Å²) in [7, 11) is 0. The molecule has 0 amide bonds. The van der Waals surface area contributed by atoms with Gasteiger partial charge in [-0.1, -0.05) is 11.8 Å². The van der Waals surface area contributed by atoms with E-state index in [1.54, 1.807) is 12.2 Å². The standard InChI is InChI=1S/C6H6N2/c7-5-3-1-2-4-6(5)8/h1,3,6-7H,8H2. The molecule has 0 aromatic heterocycles. The zero-order chi connectivity index (χ0) is 5.98. The molecule has 0 bridgehead atoms. The highest BCUT2D eigenvalue weighted by molar-refractivity contribution is 6.00. The van der Waals surface area contributed by atoms with Gasteiger partial charge in [0.05, 0.1) is 5.71 Å². The summed E-state index contributed by atoms with van der Waals surface area (Å²) >= 11 is 0. The van der Waals surface area contributed by atoms with E-state index in [9.17, 15) is 0 Å². The molecule has 8 heavy (non-hydrogen) atoms. The fraction of sp³-hybridized carbons (Fsp3) is 0.167. The first-order valence-electron chi connectivity index (χ1n) is 2.32. The maximum Gasteiger partial charge on any atom is 0.109 e. The Balaban J connectivity index is 2.83. The Labute approximate surface area is 47.9 Å². The molecule has 3 N–H and O–H groups in total. The number of nitrogens with two attached hydrogens (primary N) is 1. The lowest BCUT2D eigenvalue weighted by Crippen LogP contribution is -2.27. The van der Waals surface area contributed by atoms with Crippen molar-refractivity contribution in [1.29, 1.82) is 5.41 Å². The van der Waals surface area contributed by atoms with Gasteiger partial charge in [0.1, 0.15) is 6.04 Å². The summed E-state index contributed by atoms with van der Waals surface area (Å²) in [4.78, 5) is 0. The largest absolute Gasteiger partial charge is 0.313 e. The Morgan fingerprint density at radius 2 is 2.50 bits per heavy atom. The molecule has 1 rings (SSSR count). The molecular formula is C6H6N2. The molecule has 0 fully saturated rings. The first-order chi connectivity index (χ1) is 3.80. The molecule has 0 spiro atoms. The summed E-state index contributed by atoms with van der Waals surface area (Å²) in [6.45, 7) is 0. The van der Waals surface area contributed by atoms with Crippen LogP contribution in [0.2, 0.25) is 0 Å². The third kappa shape index (κ3) is 0.772. The van der Waals surface area contributed by atoms with Crippen molar-refractivity contribution in [3.8, 4) is 11.8 Å². The smallest absolute Gasteiger partial charge is 0.109 e. The van der Waals surface area contributed by atoms with Crippen LogP contribution in [0.3, 0.4) is 0 Å². The predicted molar refractivity (Wildman–Crippen MR) is 32.6 cm³/mol. The quantitative estimate of drug-likeness (QED) is 0.416. The van der Waals surface area contributed by atoms with Crippen LogP contribution in [0.4, 0.5) is 0 Å². The van der Waals surface area contributed by atoms with E-state index < -0.39 is 0 Å². The Bertz CT molecular complexity index is 192. The Kier molecular flexibility index (Phi) is 1.15. The van der Waals surface area contributed by atoms with E-state index in [-0.39, 0.29) is 6.04 Å². The summed E-state index contributed by atoms with van der Waals surface area (Å²) in [5.74, 6) is 5.32. The molecule has 1 aliphatic rings. The van der Waals surface area contributed by atoms with Gasteiger partial charge in [-0.25, -0.2) is 0 Å². The van der Waals surface area contributed by atoms with E-state index >= 15 is 0 Å². The Hall–Kier alpha value is -1.07. The molecule has 0 aromatic rings. The minimum absolute atomic E-state index is 0.361. The zero-order valence-electron chi connectivity index (χ0n) is 4.31. The van der Waals surface area contributed by atoms with Crippen molar-refractivity contribution in [2.24, 2.45) is 5.73 Å². The van der Waals surface area contributed by atoms with Crippen molar-refractivity contribution in [3.05, 3.63) is 12.2 Å². The zero-order valence-corrected chi connectivity index (χ0v) is 4.31. The molecule has 2 nitrogen and oxygen atoms in total. The van der Waals surface area contributed by atoms with E-state index in [0.717, 1.165) is 0 Å². The number of hydrogen-bond donors (Lipinski definition) is 2. The highest BCUT2D eigenvalue weighted by Crippen LogP contribution is 1.87. The van der Waals surface area contributed by atoms with Crippen molar-refractivity contribution >= 4 is 5.71 Å². The summed E-state index contributed by atoms with van der Waals surface area (Å²) in [5, 5.41) is 7.08. The normalized spacial score (nSPS) is 24.6. The molecule has 1 unspecified atom stereocenters. The minimum atomic E-state index is -0.361. The molecule has 0 saturated carbocycles. The molecular weight excluding hydrogens is 100 g/mol. The number of nitrogens with one attached hydrogen (secondary N) is 1. The number of rotatable bonds is 0. The second-order valence-electron chi connectivity index (χ2n) is 1.56. The van der Waals surface area contributed by atoms with Gasteiger partial charge in [-0.15, -0.1) is 0 Å². The molecule has 0 aromatic carbocycles. The SMILES string of the molecule is N=C1C=CC#CC1N. The molecule has 40 valence electrons. The average Bonchev–Trinajstić information content (AvgIpc) is 1.77. The third-order valence-corrected chi connectivity index (χ3v) is 0.920. The highest BCUT2D eigenvalue weighted by Gasteiger charge is 2.02. The van der Waals surface area contributed by atoms with Crippen LogP contribution in [0, 0.1) is 17.3 Å². The fourth-order valence-corrected chi connectivity index (χ4v) is 0.451. The maximum atomic E-state index is 7.08. The molecule has 0 aliphatic heterocycles. The van der Waals surface area contributed by atoms with Gasteiger partial charge in [-0.05, 0) is 12.2 Å². The minimum Gasteiger partial charge on any atom is -0.313 e. The predicted octanol–water partition coefficient (Wildman–Crippen LogP) is -0.0933. The van der Waals surface area contributed by atoms with Crippen LogP contribution >= 0.6 is 0 Å². The lowest BCUT2D eigenvalue weighted by atomic mass is 10.1. The molecule has 1 atom stereocenters. The van der Waals surface area contributed by atoms with E-state index in [1.807, 2.05) is 0 Å². The van der Waals surface area contributed by atoms with Crippen molar-refractivity contribution < 1.29 is 0 Å². The highest BCUT2D eigenvalue weighted by atomic mass is 14.7. The van der Waals surface area contributed by atoms with Crippen LogP contribution in [0.25, 0.3) is 0 Å². The molecule has 0 heterocycles. The number of allylic oxidation sites excluding steroid dienone is 1. The maximum absolute atomic E-state index is 7.08. The van der Waals surface area contributed by atoms with Gasteiger partial charge >= 0.3 is 0 Å². The van der Waals surface area contributed by atoms with Crippen molar-refractivity contribution in [2.45, 2.75) is 6.04 Å². The van der Waals surface area contributed by atoms with E-state index in [0.29, 0.717) is 5.71 Å². The van der Waals surface area contributed by atoms with E-state index in [4.69, 9.17) is 11.1 Å². The van der Waals surface area contributed by atoms with Gasteiger partial charge < -0.3 is 11.1 Å². The van der Waals surface area contributed by atoms with Crippen LogP contribution in [0.15, 0.2) is 12.2 Å². The second-order valence-corrected chi connectivity index (χ2v) is 1.56. The van der Waals surface area contributed by atoms with Crippen LogP contribution in [-0.2, 0) is 0 Å². The van der Waals surface area contributed by atoms with Crippen molar-refractivity contribution in [1.82, 2.24) is 0 Å². The van der Waals surface area contributed by atoms with Gasteiger partial charge in [0.2, 0.25) is 0 Å². The average molecular weight is 106 g/mol. The first kappa shape index (κ1) is 5.07. The van der Waals surface area contributed by atoms with Gasteiger partial charge in [-0.2, -0.15) is 0 Å². The third-order valence-electron chi connectivity index (χ3n) is 0.920. The summed E-state index contributed by atoms with van der Waals surface area (Å²) in [6, 6.07) is -0.361. The van der Waals surface area contributed by atoms with Gasteiger partial charge in [0, 0.05) is 0 Å². The lowest BCUT2D eigenvalue weighted by molar-refractivity contribution is 1.11. The Morgan fingerprint density at radius 3 is 2.88 bits per heavy atom. The topological polar surface area (TPSA) is 49.9 Å². The fourth-order valence-electron chi connectivity index (χ4n) is 0.451. The summed E-state index contributed by atoms with van der Waals surface area (Å²) in [5.41, 5.74) is 5.72. The Morgan fingerprint density at radius 1 is 1.75 bits per heavy atom. The molecule has 2 heteroatoms. The van der Waals surface area contributed by atoms with Crippen molar-refractivity contribution in [2.75, 3.05) is 0 Å². The lowest BCUT2D eigenvalue weighted by Gasteiger charge is -2.01. The summed E-state index contributed by atoms with van der Waals surface area (Å²) < 4.78 is 0. The van der Waals surface area contributed by atoms with E-state index in [1.165, 1.54) is 0 Å². The second kappa shape index (κ2) is 1.81. The molecule has 0 saturated heterocycles. The first-order valence-corrected chi connectivity index (χ1v) is 2.32. The van der Waals surface area contributed by atoms with Crippen LogP contribution in [-0.4, -0.2) is 11.8 Å². The van der Waals surface area contributed by atoms with Gasteiger partial charge in [-0.3, -0.25) is 0 Å². The number of hydrogen-bond acceptors (Lipinski definition) is 2. The molecule has 1 aliphatic carbocycles. The van der Waals surface area contributed by atoms with Gasteiger partial charge in [0.15, 0.2) is 0 Å². The van der Waals surface area contributed by atoms with Crippen molar-refractivity contribution in [3.63, 3.8) is 0 Å². The molecule has 0 radical (unpaired) electrons. The van der Waals surface area contributed by atoms with E-state index in [2.05, 4.69) is 11.8 Å². The van der Waals surface area contributed by atoms with Crippen LogP contribution in [0.5, 0.6) is 0 Å². The van der Waals surface area contributed by atoms with Crippen LogP contribution in [0.1, 0.15) is 0 Å². The summed E-state index contributed by atoms with van der Waals surface area (Å²) in [6.07, 6.45) is 3.24. The van der Waals surface area contributed by atoms with Crippen LogP contribution < -0.4 is 5.73 Å². The van der Waals surface area contributed by atoms with Gasteiger partial charge in [0.25, 0.3) is 0 Å². The monoisotopic (exact) mass is 106 g/mol.